The Hall–Kier alpha value is -2.52. The maximum absolute atomic E-state index is 13.7. The normalized spacial score (nSPS) is 20.5. The largest absolute Gasteiger partial charge is 0.348 e. The molecule has 9 heteroatoms. The number of amides is 1. The number of para-hydroxylation sites is 1. The van der Waals surface area contributed by atoms with Crippen molar-refractivity contribution in [1.82, 2.24) is 10.6 Å². The summed E-state index contributed by atoms with van der Waals surface area (Å²) in [6, 6.07) is 10.2. The first-order chi connectivity index (χ1) is 13.3. The third-order valence-electron chi connectivity index (χ3n) is 4.68. The summed E-state index contributed by atoms with van der Waals surface area (Å²) < 4.78 is 54.3. The minimum absolute atomic E-state index is 0.0471. The van der Waals surface area contributed by atoms with Crippen molar-refractivity contribution in [2.24, 2.45) is 0 Å². The second-order valence-electron chi connectivity index (χ2n) is 6.73. The van der Waals surface area contributed by atoms with Crippen LogP contribution in [0.4, 0.5) is 14.5 Å². The van der Waals surface area contributed by atoms with Gasteiger partial charge in [0, 0.05) is 6.54 Å². The number of benzene rings is 2. The smallest absolute Gasteiger partial charge is 0.237 e. The quantitative estimate of drug-likeness (QED) is 0.683. The van der Waals surface area contributed by atoms with E-state index in [0.717, 1.165) is 6.07 Å². The summed E-state index contributed by atoms with van der Waals surface area (Å²) in [6.45, 7) is 1.78. The van der Waals surface area contributed by atoms with Crippen molar-refractivity contribution in [3.8, 4) is 0 Å². The van der Waals surface area contributed by atoms with Crippen LogP contribution in [0, 0.1) is 11.6 Å². The number of nitrogens with one attached hydrogen (secondary N) is 3. The molecule has 0 aromatic heterocycles. The van der Waals surface area contributed by atoms with E-state index in [1.165, 1.54) is 30.3 Å². The molecule has 1 amide bonds. The van der Waals surface area contributed by atoms with Gasteiger partial charge in [0.2, 0.25) is 15.9 Å². The molecular weight excluding hydrogens is 388 g/mol. The van der Waals surface area contributed by atoms with Crippen LogP contribution in [0.3, 0.4) is 0 Å². The van der Waals surface area contributed by atoms with Crippen molar-refractivity contribution in [2.45, 2.75) is 30.7 Å². The van der Waals surface area contributed by atoms with Crippen LogP contribution in [0.2, 0.25) is 0 Å². The lowest BCUT2D eigenvalue weighted by Crippen LogP contribution is -2.41. The predicted octanol–water partition coefficient (Wildman–Crippen LogP) is 2.31. The Balaban J connectivity index is 1.61. The van der Waals surface area contributed by atoms with Crippen molar-refractivity contribution in [1.29, 1.82) is 0 Å². The zero-order valence-corrected chi connectivity index (χ0v) is 16.0. The van der Waals surface area contributed by atoms with Gasteiger partial charge in [-0.2, -0.15) is 0 Å². The van der Waals surface area contributed by atoms with E-state index in [4.69, 9.17) is 0 Å². The van der Waals surface area contributed by atoms with Crippen LogP contribution in [0.25, 0.3) is 0 Å². The second-order valence-corrected chi connectivity index (χ2v) is 8.69. The molecule has 150 valence electrons. The molecule has 0 radical (unpaired) electrons. The van der Waals surface area contributed by atoms with Crippen LogP contribution in [0.1, 0.15) is 24.9 Å². The Morgan fingerprint density at radius 2 is 1.93 bits per heavy atom. The number of rotatable bonds is 6. The molecule has 1 saturated heterocycles. The highest BCUT2D eigenvalue weighted by molar-refractivity contribution is 7.93. The predicted molar refractivity (Wildman–Crippen MR) is 102 cm³/mol. The summed E-state index contributed by atoms with van der Waals surface area (Å²) in [4.78, 5) is 12.5. The van der Waals surface area contributed by atoms with Gasteiger partial charge in [-0.1, -0.05) is 24.3 Å². The molecule has 3 unspecified atom stereocenters. The maximum atomic E-state index is 13.7. The van der Waals surface area contributed by atoms with Crippen LogP contribution in [-0.4, -0.2) is 32.2 Å². The van der Waals surface area contributed by atoms with Gasteiger partial charge < -0.3 is 10.6 Å². The Morgan fingerprint density at radius 1 is 1.18 bits per heavy atom. The summed E-state index contributed by atoms with van der Waals surface area (Å²) in [6.07, 6.45) is 0.0471. The van der Waals surface area contributed by atoms with Gasteiger partial charge in [-0.05, 0) is 43.2 Å². The van der Waals surface area contributed by atoms with Crippen molar-refractivity contribution < 1.29 is 22.0 Å². The van der Waals surface area contributed by atoms with E-state index in [1.54, 1.807) is 19.1 Å². The molecule has 0 aliphatic carbocycles. The van der Waals surface area contributed by atoms with E-state index in [1.807, 2.05) is 0 Å². The number of carbonyl (C=O) groups excluding carboxylic acids is 1. The number of carbonyl (C=O) groups is 1. The fourth-order valence-corrected chi connectivity index (χ4v) is 4.49. The van der Waals surface area contributed by atoms with Crippen molar-refractivity contribution in [2.75, 3.05) is 11.3 Å². The minimum atomic E-state index is -3.87. The number of sulfonamides is 1. The number of hydrogen-bond donors (Lipinski definition) is 3. The van der Waals surface area contributed by atoms with E-state index in [-0.39, 0.29) is 24.6 Å². The highest BCUT2D eigenvalue weighted by atomic mass is 32.2. The summed E-state index contributed by atoms with van der Waals surface area (Å²) in [5, 5.41) is 4.75. The van der Waals surface area contributed by atoms with E-state index in [9.17, 15) is 22.0 Å². The lowest BCUT2D eigenvalue weighted by atomic mass is 10.1. The zero-order valence-electron chi connectivity index (χ0n) is 15.2. The molecule has 2 aromatic rings. The van der Waals surface area contributed by atoms with E-state index >= 15 is 0 Å². The minimum Gasteiger partial charge on any atom is -0.348 e. The Morgan fingerprint density at radius 3 is 2.64 bits per heavy atom. The van der Waals surface area contributed by atoms with Crippen LogP contribution < -0.4 is 15.4 Å². The highest BCUT2D eigenvalue weighted by Gasteiger charge is 2.37. The molecule has 6 nitrogen and oxygen atoms in total. The molecule has 1 aliphatic rings. The standard InChI is InChI=1S/C19H21F2N3O3S/c1-12(13-5-4-6-14(20)9-13)23-19(25)18-10-15(11-22-18)28(26,27)24-17-8-3-2-7-16(17)21/h2-9,12,15,18,22,24H,10-11H2,1H3,(H,23,25). The van der Waals surface area contributed by atoms with E-state index < -0.39 is 39.0 Å². The summed E-state index contributed by atoms with van der Waals surface area (Å²) in [5.41, 5.74) is 0.479. The lowest BCUT2D eigenvalue weighted by molar-refractivity contribution is -0.123. The Bertz CT molecular complexity index is 968. The third kappa shape index (κ3) is 4.66. The van der Waals surface area contributed by atoms with Crippen molar-refractivity contribution in [3.05, 3.63) is 65.7 Å². The summed E-state index contributed by atoms with van der Waals surface area (Å²) in [7, 11) is -3.87. The van der Waals surface area contributed by atoms with Crippen molar-refractivity contribution in [3.63, 3.8) is 0 Å². The van der Waals surface area contributed by atoms with Gasteiger partial charge in [0.1, 0.15) is 11.6 Å². The average molecular weight is 409 g/mol. The van der Waals surface area contributed by atoms with E-state index in [2.05, 4.69) is 15.4 Å². The molecule has 1 heterocycles. The van der Waals surface area contributed by atoms with Gasteiger partial charge in [-0.3, -0.25) is 9.52 Å². The zero-order chi connectivity index (χ0) is 20.3. The van der Waals surface area contributed by atoms with Crippen LogP contribution in [0.5, 0.6) is 0 Å². The molecule has 3 N–H and O–H groups in total. The molecule has 1 aliphatic heterocycles. The topological polar surface area (TPSA) is 87.3 Å². The Labute approximate surface area is 162 Å². The van der Waals surface area contributed by atoms with Gasteiger partial charge in [-0.25, -0.2) is 17.2 Å². The average Bonchev–Trinajstić information content (AvgIpc) is 3.15. The van der Waals surface area contributed by atoms with Gasteiger partial charge in [0.05, 0.1) is 23.0 Å². The SMILES string of the molecule is CC(NC(=O)C1CC(S(=O)(=O)Nc2ccccc2F)CN1)c1cccc(F)c1. The number of halogens is 2. The highest BCUT2D eigenvalue weighted by Crippen LogP contribution is 2.21. The monoisotopic (exact) mass is 409 g/mol. The molecule has 0 spiro atoms. The number of hydrogen-bond acceptors (Lipinski definition) is 4. The van der Waals surface area contributed by atoms with Crippen molar-refractivity contribution >= 4 is 21.6 Å². The molecule has 0 bridgehead atoms. The Kier molecular flexibility index (Phi) is 5.95. The fourth-order valence-electron chi connectivity index (χ4n) is 3.09. The molecular formula is C19H21F2N3O3S. The summed E-state index contributed by atoms with van der Waals surface area (Å²) >= 11 is 0. The molecule has 2 aromatic carbocycles. The maximum Gasteiger partial charge on any atom is 0.237 e. The molecule has 3 rings (SSSR count). The third-order valence-corrected chi connectivity index (χ3v) is 6.42. The fraction of sp³-hybridized carbons (Fsp3) is 0.316. The lowest BCUT2D eigenvalue weighted by Gasteiger charge is -2.18. The number of anilines is 1. The van der Waals surface area contributed by atoms with Crippen LogP contribution >= 0.6 is 0 Å². The second kappa shape index (κ2) is 8.24. The molecule has 1 fully saturated rings. The summed E-state index contributed by atoms with van der Waals surface area (Å²) in [5.74, 6) is -1.45. The molecule has 0 saturated carbocycles. The van der Waals surface area contributed by atoms with Crippen LogP contribution in [-0.2, 0) is 14.8 Å². The first-order valence-corrected chi connectivity index (χ1v) is 10.4. The molecule has 3 atom stereocenters. The van der Waals surface area contributed by atoms with Gasteiger partial charge >= 0.3 is 0 Å². The first kappa shape index (κ1) is 20.2. The van der Waals surface area contributed by atoms with Gasteiger partial charge in [0.25, 0.3) is 0 Å². The van der Waals surface area contributed by atoms with Crippen LogP contribution in [0.15, 0.2) is 48.5 Å². The van der Waals surface area contributed by atoms with Gasteiger partial charge in [0.15, 0.2) is 0 Å². The first-order valence-electron chi connectivity index (χ1n) is 8.81. The van der Waals surface area contributed by atoms with Gasteiger partial charge in [-0.15, -0.1) is 0 Å². The molecule has 28 heavy (non-hydrogen) atoms. The van der Waals surface area contributed by atoms with E-state index in [0.29, 0.717) is 5.56 Å².